The lowest BCUT2D eigenvalue weighted by molar-refractivity contribution is 0.103. The monoisotopic (exact) mass is 348 g/mol. The van der Waals surface area contributed by atoms with Gasteiger partial charge in [0, 0.05) is 11.1 Å². The molecule has 0 amide bonds. The van der Waals surface area contributed by atoms with Gasteiger partial charge < -0.3 is 0 Å². The molecule has 0 atom stereocenters. The summed E-state index contributed by atoms with van der Waals surface area (Å²) >= 11 is 8.64. The van der Waals surface area contributed by atoms with Gasteiger partial charge in [0.25, 0.3) is 0 Å². The third-order valence-electron chi connectivity index (χ3n) is 2.44. The third-order valence-corrected chi connectivity index (χ3v) is 3.39. The summed E-state index contributed by atoms with van der Waals surface area (Å²) in [7, 11) is 0. The highest BCUT2D eigenvalue weighted by Crippen LogP contribution is 2.24. The van der Waals surface area contributed by atoms with Gasteiger partial charge in [0.05, 0.1) is 9.50 Å². The van der Waals surface area contributed by atoms with E-state index in [-0.39, 0.29) is 20.6 Å². The molecule has 6 heteroatoms. The predicted molar refractivity (Wildman–Crippen MR) is 68.9 cm³/mol. The van der Waals surface area contributed by atoms with E-state index in [1.807, 2.05) is 0 Å². The van der Waals surface area contributed by atoms with Crippen LogP contribution in [-0.4, -0.2) is 5.78 Å². The van der Waals surface area contributed by atoms with Gasteiger partial charge in [-0.25, -0.2) is 13.2 Å². The van der Waals surface area contributed by atoms with Crippen molar-refractivity contribution in [3.05, 3.63) is 68.4 Å². The van der Waals surface area contributed by atoms with Gasteiger partial charge in [0.2, 0.25) is 0 Å². The van der Waals surface area contributed by atoms with Gasteiger partial charge in [-0.15, -0.1) is 0 Å². The first-order valence-electron chi connectivity index (χ1n) is 5.04. The molecule has 0 aliphatic carbocycles. The normalized spacial score (nSPS) is 10.6. The quantitative estimate of drug-likeness (QED) is 0.565. The Morgan fingerprint density at radius 1 is 1.00 bits per heavy atom. The molecule has 0 heterocycles. The zero-order chi connectivity index (χ0) is 14.2. The van der Waals surface area contributed by atoms with Crippen LogP contribution in [0.3, 0.4) is 0 Å². The minimum atomic E-state index is -1.19. The number of hydrogen-bond donors (Lipinski definition) is 0. The number of halogens is 5. The molecule has 0 spiro atoms. The van der Waals surface area contributed by atoms with Crippen molar-refractivity contribution in [2.24, 2.45) is 0 Å². The molecule has 0 bridgehead atoms. The van der Waals surface area contributed by atoms with Crippen molar-refractivity contribution in [2.75, 3.05) is 0 Å². The number of ketones is 1. The molecule has 2 aromatic carbocycles. The summed E-state index contributed by atoms with van der Waals surface area (Å²) in [6.45, 7) is 0. The van der Waals surface area contributed by atoms with Crippen LogP contribution < -0.4 is 0 Å². The highest BCUT2D eigenvalue weighted by Gasteiger charge is 2.17. The van der Waals surface area contributed by atoms with Gasteiger partial charge in [-0.05, 0) is 46.3 Å². The number of hydrogen-bond acceptors (Lipinski definition) is 1. The molecule has 98 valence electrons. The van der Waals surface area contributed by atoms with Crippen molar-refractivity contribution in [3.63, 3.8) is 0 Å². The smallest absolute Gasteiger partial charge is 0.194 e. The first-order chi connectivity index (χ1) is 8.90. The van der Waals surface area contributed by atoms with Crippen LogP contribution in [0.1, 0.15) is 15.9 Å². The van der Waals surface area contributed by atoms with E-state index in [0.29, 0.717) is 12.1 Å². The Balaban J connectivity index is 2.49. The predicted octanol–water partition coefficient (Wildman–Crippen LogP) is 4.75. The zero-order valence-corrected chi connectivity index (χ0v) is 11.5. The summed E-state index contributed by atoms with van der Waals surface area (Å²) in [4.78, 5) is 12.0. The van der Waals surface area contributed by atoms with Crippen LogP contribution in [0.5, 0.6) is 0 Å². The van der Waals surface area contributed by atoms with E-state index in [2.05, 4.69) is 15.9 Å². The SMILES string of the molecule is O=C(c1ccc(Br)c(F)c1)c1cc(F)c(F)cc1Cl. The number of carbonyl (C=O) groups is 1. The van der Waals surface area contributed by atoms with E-state index >= 15 is 0 Å². The molecule has 2 rings (SSSR count). The fraction of sp³-hybridized carbons (Fsp3) is 0. The fourth-order valence-electron chi connectivity index (χ4n) is 1.49. The van der Waals surface area contributed by atoms with E-state index in [9.17, 15) is 18.0 Å². The van der Waals surface area contributed by atoms with Gasteiger partial charge >= 0.3 is 0 Å². The maximum atomic E-state index is 13.3. The van der Waals surface area contributed by atoms with E-state index in [4.69, 9.17) is 11.6 Å². The van der Waals surface area contributed by atoms with Crippen molar-refractivity contribution < 1.29 is 18.0 Å². The van der Waals surface area contributed by atoms with E-state index in [1.165, 1.54) is 12.1 Å². The first kappa shape index (κ1) is 14.1. The van der Waals surface area contributed by atoms with Crippen molar-refractivity contribution in [3.8, 4) is 0 Å². The minimum absolute atomic E-state index is 0.00592. The summed E-state index contributed by atoms with van der Waals surface area (Å²) in [6, 6.07) is 5.09. The Labute approximate surface area is 120 Å². The van der Waals surface area contributed by atoms with Gasteiger partial charge in [0.1, 0.15) is 5.82 Å². The number of carbonyl (C=O) groups excluding carboxylic acids is 1. The summed E-state index contributed by atoms with van der Waals surface area (Å²) < 4.78 is 39.5. The lowest BCUT2D eigenvalue weighted by Crippen LogP contribution is -2.04. The summed E-state index contributed by atoms with van der Waals surface area (Å²) in [5.74, 6) is -3.66. The molecule has 0 aliphatic heterocycles. The molecule has 0 N–H and O–H groups in total. The molecule has 0 aliphatic rings. The maximum absolute atomic E-state index is 13.3. The van der Waals surface area contributed by atoms with E-state index < -0.39 is 23.2 Å². The second-order valence-corrected chi connectivity index (χ2v) is 4.97. The summed E-state index contributed by atoms with van der Waals surface area (Å²) in [5.41, 5.74) is -0.226. The average Bonchev–Trinajstić information content (AvgIpc) is 2.36. The van der Waals surface area contributed by atoms with E-state index in [1.54, 1.807) is 0 Å². The van der Waals surface area contributed by atoms with Crippen LogP contribution in [0, 0.1) is 17.5 Å². The highest BCUT2D eigenvalue weighted by atomic mass is 79.9. The van der Waals surface area contributed by atoms with Gasteiger partial charge in [-0.1, -0.05) is 11.6 Å². The number of rotatable bonds is 2. The van der Waals surface area contributed by atoms with Crippen LogP contribution in [0.4, 0.5) is 13.2 Å². The van der Waals surface area contributed by atoms with Crippen LogP contribution in [0.2, 0.25) is 5.02 Å². The first-order valence-corrected chi connectivity index (χ1v) is 6.21. The number of benzene rings is 2. The van der Waals surface area contributed by atoms with Crippen LogP contribution in [0.25, 0.3) is 0 Å². The molecular formula is C13H5BrClF3O. The molecule has 0 radical (unpaired) electrons. The van der Waals surface area contributed by atoms with Crippen LogP contribution in [0.15, 0.2) is 34.8 Å². The Bertz CT molecular complexity index is 673. The van der Waals surface area contributed by atoms with E-state index in [0.717, 1.165) is 6.07 Å². The zero-order valence-electron chi connectivity index (χ0n) is 9.18. The standard InChI is InChI=1S/C13H5BrClF3O/c14-8-2-1-6(3-10(8)16)13(19)7-4-11(17)12(18)5-9(7)15/h1-5H. The average molecular weight is 350 g/mol. The molecule has 1 nitrogen and oxygen atoms in total. The topological polar surface area (TPSA) is 17.1 Å². The van der Waals surface area contributed by atoms with Gasteiger partial charge in [0.15, 0.2) is 17.4 Å². The summed E-state index contributed by atoms with van der Waals surface area (Å²) in [6.07, 6.45) is 0. The van der Waals surface area contributed by atoms with Crippen LogP contribution in [-0.2, 0) is 0 Å². The van der Waals surface area contributed by atoms with Gasteiger partial charge in [-0.2, -0.15) is 0 Å². The largest absolute Gasteiger partial charge is 0.289 e. The molecular weight excluding hydrogens is 344 g/mol. The Hall–Kier alpha value is -1.33. The van der Waals surface area contributed by atoms with Crippen molar-refractivity contribution in [2.45, 2.75) is 0 Å². The molecule has 0 aromatic heterocycles. The molecule has 19 heavy (non-hydrogen) atoms. The lowest BCUT2D eigenvalue weighted by Gasteiger charge is -2.05. The molecule has 2 aromatic rings. The molecule has 0 saturated heterocycles. The molecule has 0 unspecified atom stereocenters. The van der Waals surface area contributed by atoms with Crippen LogP contribution >= 0.6 is 27.5 Å². The third kappa shape index (κ3) is 2.82. The Morgan fingerprint density at radius 2 is 1.63 bits per heavy atom. The minimum Gasteiger partial charge on any atom is -0.289 e. The van der Waals surface area contributed by atoms with Crippen molar-refractivity contribution >= 4 is 33.3 Å². The second kappa shape index (κ2) is 5.35. The van der Waals surface area contributed by atoms with Crippen molar-refractivity contribution in [1.29, 1.82) is 0 Å². The van der Waals surface area contributed by atoms with Gasteiger partial charge in [-0.3, -0.25) is 4.79 Å². The molecule has 0 fully saturated rings. The Kier molecular flexibility index (Phi) is 3.96. The molecule has 0 saturated carbocycles. The fourth-order valence-corrected chi connectivity index (χ4v) is 1.97. The summed E-state index contributed by atoms with van der Waals surface area (Å²) in [5, 5.41) is -0.229. The van der Waals surface area contributed by atoms with Crippen molar-refractivity contribution in [1.82, 2.24) is 0 Å². The lowest BCUT2D eigenvalue weighted by atomic mass is 10.0. The second-order valence-electron chi connectivity index (χ2n) is 3.70. The maximum Gasteiger partial charge on any atom is 0.194 e. The Morgan fingerprint density at radius 3 is 2.26 bits per heavy atom. The highest BCUT2D eigenvalue weighted by molar-refractivity contribution is 9.10.